The molecule has 3 aromatic rings. The van der Waals surface area contributed by atoms with Crippen LogP contribution in [-0.4, -0.2) is 22.7 Å². The maximum absolute atomic E-state index is 12.4. The average molecular weight is 431 g/mol. The summed E-state index contributed by atoms with van der Waals surface area (Å²) in [5.41, 5.74) is 3.01. The van der Waals surface area contributed by atoms with Crippen LogP contribution in [0.3, 0.4) is 0 Å². The van der Waals surface area contributed by atoms with E-state index in [-0.39, 0.29) is 12.4 Å². The van der Waals surface area contributed by atoms with Crippen molar-refractivity contribution in [1.29, 1.82) is 0 Å². The van der Waals surface area contributed by atoms with Gasteiger partial charge in [0.1, 0.15) is 23.8 Å². The van der Waals surface area contributed by atoms with E-state index in [1.54, 1.807) is 49.2 Å². The molecule has 5 nitrogen and oxygen atoms in total. The lowest BCUT2D eigenvalue weighted by Crippen LogP contribution is -2.04. The van der Waals surface area contributed by atoms with E-state index in [9.17, 15) is 4.79 Å². The number of hydrogen-bond donors (Lipinski definition) is 0. The molecule has 2 aromatic carbocycles. The zero-order valence-electron chi connectivity index (χ0n) is 16.3. The molecule has 0 aliphatic carbocycles. The summed E-state index contributed by atoms with van der Waals surface area (Å²) in [4.78, 5) is 12.4. The SMILES string of the molecule is COc1ccc(/C=C/C(=O)c2cc(C)nn2C)cc1COc1ccc(Cl)cc1Cl. The van der Waals surface area contributed by atoms with Gasteiger partial charge in [0.05, 0.1) is 17.8 Å². The average Bonchev–Trinajstić information content (AvgIpc) is 3.03. The second kappa shape index (κ2) is 9.16. The second-order valence-corrected chi connectivity index (χ2v) is 7.27. The molecule has 0 N–H and O–H groups in total. The van der Waals surface area contributed by atoms with Crippen LogP contribution in [-0.2, 0) is 13.7 Å². The molecule has 150 valence electrons. The Kier molecular flexibility index (Phi) is 6.62. The van der Waals surface area contributed by atoms with Gasteiger partial charge in [-0.05, 0) is 55.0 Å². The number of carbonyl (C=O) groups is 1. The van der Waals surface area contributed by atoms with Gasteiger partial charge in [0.15, 0.2) is 0 Å². The van der Waals surface area contributed by atoms with E-state index < -0.39 is 0 Å². The van der Waals surface area contributed by atoms with Crippen LogP contribution in [0, 0.1) is 6.92 Å². The Balaban J connectivity index is 1.77. The number of benzene rings is 2. The van der Waals surface area contributed by atoms with Crippen LogP contribution in [0.2, 0.25) is 10.0 Å². The van der Waals surface area contributed by atoms with Gasteiger partial charge in [-0.1, -0.05) is 35.3 Å². The number of carbonyl (C=O) groups excluding carboxylic acids is 1. The van der Waals surface area contributed by atoms with E-state index in [1.165, 1.54) is 6.08 Å². The van der Waals surface area contributed by atoms with Gasteiger partial charge in [-0.15, -0.1) is 0 Å². The Labute approximate surface area is 179 Å². The van der Waals surface area contributed by atoms with Crippen molar-refractivity contribution in [3.8, 4) is 11.5 Å². The molecule has 0 amide bonds. The third-order valence-corrected chi connectivity index (χ3v) is 4.79. The van der Waals surface area contributed by atoms with E-state index >= 15 is 0 Å². The Bertz CT molecular complexity index is 1070. The summed E-state index contributed by atoms with van der Waals surface area (Å²) in [6.07, 6.45) is 3.28. The normalized spacial score (nSPS) is 11.1. The molecule has 0 saturated carbocycles. The molecular weight excluding hydrogens is 411 g/mol. The quantitative estimate of drug-likeness (QED) is 0.365. The fraction of sp³-hybridized carbons (Fsp3) is 0.182. The number of methoxy groups -OCH3 is 1. The van der Waals surface area contributed by atoms with Crippen LogP contribution < -0.4 is 9.47 Å². The Morgan fingerprint density at radius 2 is 1.90 bits per heavy atom. The Hall–Kier alpha value is -2.76. The third-order valence-electron chi connectivity index (χ3n) is 4.26. The number of allylic oxidation sites excluding steroid dienone is 1. The highest BCUT2D eigenvalue weighted by Crippen LogP contribution is 2.29. The Morgan fingerprint density at radius 1 is 1.14 bits per heavy atom. The van der Waals surface area contributed by atoms with Crippen molar-refractivity contribution < 1.29 is 14.3 Å². The molecule has 0 radical (unpaired) electrons. The number of aromatic nitrogens is 2. The molecular formula is C22H20Cl2N2O3. The fourth-order valence-corrected chi connectivity index (χ4v) is 3.32. The third kappa shape index (κ3) is 5.19. The van der Waals surface area contributed by atoms with Crippen LogP contribution >= 0.6 is 23.2 Å². The van der Waals surface area contributed by atoms with Crippen molar-refractivity contribution in [2.75, 3.05) is 7.11 Å². The monoisotopic (exact) mass is 430 g/mol. The van der Waals surface area contributed by atoms with Gasteiger partial charge in [0.2, 0.25) is 5.78 Å². The standard InChI is InChI=1S/C22H20Cl2N2O3/c1-14-10-19(26(2)25-14)20(27)7-4-15-5-8-21(28-3)16(11-15)13-29-22-9-6-17(23)12-18(22)24/h4-12H,13H2,1-3H3/b7-4+. The summed E-state index contributed by atoms with van der Waals surface area (Å²) in [7, 11) is 3.34. The van der Waals surface area contributed by atoms with Crippen LogP contribution in [0.15, 0.2) is 48.5 Å². The lowest BCUT2D eigenvalue weighted by Gasteiger charge is -2.12. The maximum atomic E-state index is 12.4. The van der Waals surface area contributed by atoms with Gasteiger partial charge in [0.25, 0.3) is 0 Å². The highest BCUT2D eigenvalue weighted by atomic mass is 35.5. The van der Waals surface area contributed by atoms with Gasteiger partial charge in [-0.3, -0.25) is 9.48 Å². The first-order valence-corrected chi connectivity index (χ1v) is 9.61. The fourth-order valence-electron chi connectivity index (χ4n) is 2.86. The van der Waals surface area contributed by atoms with E-state index in [0.717, 1.165) is 16.8 Å². The molecule has 0 unspecified atom stereocenters. The molecule has 0 fully saturated rings. The van der Waals surface area contributed by atoms with Crippen molar-refractivity contribution in [3.05, 3.63) is 81.1 Å². The molecule has 3 rings (SSSR count). The van der Waals surface area contributed by atoms with E-state index in [4.69, 9.17) is 32.7 Å². The number of halogens is 2. The summed E-state index contributed by atoms with van der Waals surface area (Å²) in [6.45, 7) is 2.10. The van der Waals surface area contributed by atoms with Crippen molar-refractivity contribution >= 4 is 35.1 Å². The van der Waals surface area contributed by atoms with E-state index in [1.807, 2.05) is 25.1 Å². The van der Waals surface area contributed by atoms with Crippen LogP contribution in [0.5, 0.6) is 11.5 Å². The smallest absolute Gasteiger partial charge is 0.203 e. The second-order valence-electron chi connectivity index (χ2n) is 6.43. The number of ether oxygens (including phenoxy) is 2. The van der Waals surface area contributed by atoms with Crippen molar-refractivity contribution in [2.45, 2.75) is 13.5 Å². The minimum Gasteiger partial charge on any atom is -0.496 e. The largest absolute Gasteiger partial charge is 0.496 e. The molecule has 1 aromatic heterocycles. The molecule has 0 atom stereocenters. The molecule has 0 saturated heterocycles. The topological polar surface area (TPSA) is 53.3 Å². The first-order valence-electron chi connectivity index (χ1n) is 8.85. The molecule has 29 heavy (non-hydrogen) atoms. The minimum atomic E-state index is -0.116. The van der Waals surface area contributed by atoms with Gasteiger partial charge in [0, 0.05) is 17.6 Å². The van der Waals surface area contributed by atoms with E-state index in [0.29, 0.717) is 27.2 Å². The molecule has 0 aliphatic rings. The first-order chi connectivity index (χ1) is 13.9. The highest BCUT2D eigenvalue weighted by molar-refractivity contribution is 6.35. The number of rotatable bonds is 7. The zero-order chi connectivity index (χ0) is 21.0. The van der Waals surface area contributed by atoms with Gasteiger partial charge in [-0.25, -0.2) is 0 Å². The van der Waals surface area contributed by atoms with Gasteiger partial charge < -0.3 is 9.47 Å². The molecule has 7 heteroatoms. The number of aryl methyl sites for hydroxylation is 2. The lowest BCUT2D eigenvalue weighted by atomic mass is 10.1. The van der Waals surface area contributed by atoms with Crippen molar-refractivity contribution in [3.63, 3.8) is 0 Å². The van der Waals surface area contributed by atoms with Crippen molar-refractivity contribution in [1.82, 2.24) is 9.78 Å². The van der Waals surface area contributed by atoms with Crippen LogP contribution in [0.4, 0.5) is 0 Å². The number of ketones is 1. The number of hydrogen-bond acceptors (Lipinski definition) is 4. The highest BCUT2D eigenvalue weighted by Gasteiger charge is 2.10. The molecule has 0 bridgehead atoms. The minimum absolute atomic E-state index is 0.116. The summed E-state index contributed by atoms with van der Waals surface area (Å²) >= 11 is 12.1. The number of nitrogens with zero attached hydrogens (tertiary/aromatic N) is 2. The summed E-state index contributed by atoms with van der Waals surface area (Å²) in [6, 6.07) is 12.4. The van der Waals surface area contributed by atoms with Gasteiger partial charge >= 0.3 is 0 Å². The van der Waals surface area contributed by atoms with Crippen molar-refractivity contribution in [2.24, 2.45) is 7.05 Å². The first kappa shape index (κ1) is 21.0. The Morgan fingerprint density at radius 3 is 2.55 bits per heavy atom. The molecule has 1 heterocycles. The van der Waals surface area contributed by atoms with Crippen LogP contribution in [0.1, 0.15) is 27.3 Å². The lowest BCUT2D eigenvalue weighted by molar-refractivity contribution is 0.103. The summed E-state index contributed by atoms with van der Waals surface area (Å²) in [5, 5.41) is 5.18. The summed E-state index contributed by atoms with van der Waals surface area (Å²) < 4.78 is 12.8. The summed E-state index contributed by atoms with van der Waals surface area (Å²) in [5.74, 6) is 1.09. The predicted octanol–water partition coefficient (Wildman–Crippen LogP) is 5.52. The predicted molar refractivity (Wildman–Crippen MR) is 115 cm³/mol. The maximum Gasteiger partial charge on any atom is 0.203 e. The van der Waals surface area contributed by atoms with E-state index in [2.05, 4.69) is 5.10 Å². The van der Waals surface area contributed by atoms with Gasteiger partial charge in [-0.2, -0.15) is 5.10 Å². The molecule has 0 aliphatic heterocycles. The molecule has 0 spiro atoms. The zero-order valence-corrected chi connectivity index (χ0v) is 17.8. The van der Waals surface area contributed by atoms with Crippen LogP contribution in [0.25, 0.3) is 6.08 Å².